The lowest BCUT2D eigenvalue weighted by molar-refractivity contribution is -0.156. The van der Waals surface area contributed by atoms with Crippen molar-refractivity contribution in [2.24, 2.45) is 11.8 Å². The van der Waals surface area contributed by atoms with E-state index in [1.165, 1.54) is 14.2 Å². The van der Waals surface area contributed by atoms with Crippen molar-refractivity contribution in [3.8, 4) is 0 Å². The molecule has 4 amide bonds. The van der Waals surface area contributed by atoms with Crippen molar-refractivity contribution in [3.63, 3.8) is 0 Å². The summed E-state index contributed by atoms with van der Waals surface area (Å²) in [5.41, 5.74) is 1.81. The van der Waals surface area contributed by atoms with Gasteiger partial charge in [-0.25, -0.2) is 9.59 Å². The van der Waals surface area contributed by atoms with Gasteiger partial charge in [0.05, 0.1) is 36.8 Å². The lowest BCUT2D eigenvalue weighted by Gasteiger charge is -2.40. The lowest BCUT2D eigenvalue weighted by atomic mass is 9.92. The van der Waals surface area contributed by atoms with E-state index in [9.17, 15) is 28.8 Å². The summed E-state index contributed by atoms with van der Waals surface area (Å²) in [7, 11) is 2.65. The van der Waals surface area contributed by atoms with E-state index in [0.29, 0.717) is 50.0 Å². The van der Waals surface area contributed by atoms with E-state index in [2.05, 4.69) is 10.6 Å². The normalized spacial score (nSPS) is 26.5. The third kappa shape index (κ3) is 9.98. The molecule has 6 rings (SSSR count). The summed E-state index contributed by atoms with van der Waals surface area (Å²) in [5, 5.41) is 5.73. The van der Waals surface area contributed by atoms with E-state index in [1.54, 1.807) is 45.5 Å². The van der Waals surface area contributed by atoms with Gasteiger partial charge in [-0.1, -0.05) is 72.8 Å². The number of ether oxygens (including phenoxy) is 2. The molecular formula is C42H52N4O8S2. The number of esters is 2. The maximum Gasteiger partial charge on any atom is 0.328 e. The summed E-state index contributed by atoms with van der Waals surface area (Å²) in [6.45, 7) is 0. The van der Waals surface area contributed by atoms with E-state index in [4.69, 9.17) is 9.47 Å². The van der Waals surface area contributed by atoms with Crippen molar-refractivity contribution in [1.82, 2.24) is 20.4 Å². The first-order valence-corrected chi connectivity index (χ1v) is 21.7. The second kappa shape index (κ2) is 19.7. The molecule has 4 aliphatic heterocycles. The van der Waals surface area contributed by atoms with Crippen LogP contribution in [0.15, 0.2) is 72.8 Å². The molecule has 2 aromatic carbocycles. The minimum atomic E-state index is -0.827. The van der Waals surface area contributed by atoms with Crippen LogP contribution in [-0.2, 0) is 51.1 Å². The fraction of sp³-hybridized carbons (Fsp3) is 0.524. The highest BCUT2D eigenvalue weighted by molar-refractivity contribution is 8.00. The Balaban J connectivity index is 1.24. The van der Waals surface area contributed by atoms with Crippen LogP contribution in [-0.4, -0.2) is 106 Å². The maximum atomic E-state index is 14.3. The highest BCUT2D eigenvalue weighted by Gasteiger charge is 2.45. The first-order chi connectivity index (χ1) is 27.2. The van der Waals surface area contributed by atoms with Crippen LogP contribution in [0.25, 0.3) is 0 Å². The molecule has 8 unspecified atom stereocenters. The van der Waals surface area contributed by atoms with Crippen molar-refractivity contribution in [1.29, 1.82) is 0 Å². The average Bonchev–Trinajstić information content (AvgIpc) is 3.48. The van der Waals surface area contributed by atoms with Crippen molar-refractivity contribution in [2.75, 3.05) is 25.7 Å². The molecule has 4 aliphatic rings. The molecule has 2 aromatic rings. The average molecular weight is 805 g/mol. The monoisotopic (exact) mass is 804 g/mol. The van der Waals surface area contributed by atoms with Crippen molar-refractivity contribution >= 4 is 59.1 Å². The Morgan fingerprint density at radius 3 is 1.41 bits per heavy atom. The van der Waals surface area contributed by atoms with Gasteiger partial charge < -0.3 is 29.9 Å². The SMILES string of the molecule is COC(=O)C1CCCC2SCCC(NC(=O)C(C=CC(Cc3ccccc3)C(=O)NC3CCSC4CCCC(C(=O)OC)N4C3=O)Cc3ccccc3)C(=O)N21. The minimum Gasteiger partial charge on any atom is -0.467 e. The topological polar surface area (TPSA) is 151 Å². The second-order valence-corrected chi connectivity index (χ2v) is 17.3. The summed E-state index contributed by atoms with van der Waals surface area (Å²) >= 11 is 3.25. The Morgan fingerprint density at radius 2 is 1.04 bits per heavy atom. The number of carbonyl (C=O) groups excluding carboxylic acids is 6. The van der Waals surface area contributed by atoms with Gasteiger partial charge in [0.2, 0.25) is 23.6 Å². The molecule has 4 saturated heterocycles. The van der Waals surface area contributed by atoms with Crippen LogP contribution in [0.4, 0.5) is 0 Å². The Bertz CT molecular complexity index is 1620. The molecule has 4 heterocycles. The molecule has 0 aliphatic carbocycles. The van der Waals surface area contributed by atoms with Crippen molar-refractivity contribution < 1.29 is 38.2 Å². The van der Waals surface area contributed by atoms with E-state index in [0.717, 1.165) is 36.8 Å². The highest BCUT2D eigenvalue weighted by atomic mass is 32.2. The van der Waals surface area contributed by atoms with Gasteiger partial charge >= 0.3 is 11.9 Å². The van der Waals surface area contributed by atoms with Crippen LogP contribution in [0.5, 0.6) is 0 Å². The maximum absolute atomic E-state index is 14.3. The van der Waals surface area contributed by atoms with Crippen molar-refractivity contribution in [2.45, 2.75) is 99.1 Å². The summed E-state index contributed by atoms with van der Waals surface area (Å²) in [5.74, 6) is -2.41. The second-order valence-electron chi connectivity index (χ2n) is 14.8. The van der Waals surface area contributed by atoms with Gasteiger partial charge in [0.1, 0.15) is 24.2 Å². The number of carbonyl (C=O) groups is 6. The number of hydrogen-bond acceptors (Lipinski definition) is 10. The van der Waals surface area contributed by atoms with Gasteiger partial charge in [0, 0.05) is 0 Å². The van der Waals surface area contributed by atoms with Gasteiger partial charge in [-0.2, -0.15) is 0 Å². The number of rotatable bonds is 12. The molecule has 56 heavy (non-hydrogen) atoms. The molecule has 4 fully saturated rings. The molecule has 8 atom stereocenters. The molecule has 0 saturated carbocycles. The van der Waals surface area contributed by atoms with Crippen LogP contribution in [0.2, 0.25) is 0 Å². The number of amides is 4. The Morgan fingerprint density at radius 1 is 0.643 bits per heavy atom. The number of nitrogens with zero attached hydrogens (tertiary/aromatic N) is 2. The minimum absolute atomic E-state index is 0.161. The zero-order chi connectivity index (χ0) is 39.6. The number of fused-ring (bicyclic) bond motifs is 2. The summed E-state index contributed by atoms with van der Waals surface area (Å²) in [4.78, 5) is 85.3. The van der Waals surface area contributed by atoms with Crippen LogP contribution in [0, 0.1) is 11.8 Å². The number of piperidine rings is 2. The van der Waals surface area contributed by atoms with Crippen LogP contribution in [0.1, 0.15) is 62.5 Å². The lowest BCUT2D eigenvalue weighted by Crippen LogP contribution is -2.58. The Labute approximate surface area is 337 Å². The van der Waals surface area contributed by atoms with Gasteiger partial charge in [0.25, 0.3) is 0 Å². The predicted octanol–water partition coefficient (Wildman–Crippen LogP) is 4.26. The Hall–Kier alpha value is -4.30. The number of hydrogen-bond donors (Lipinski definition) is 2. The molecule has 14 heteroatoms. The molecular weight excluding hydrogens is 753 g/mol. The number of methoxy groups -OCH3 is 2. The quantitative estimate of drug-likeness (QED) is 0.235. The van der Waals surface area contributed by atoms with E-state index in [1.807, 2.05) is 60.7 Å². The van der Waals surface area contributed by atoms with E-state index < -0.39 is 47.9 Å². The zero-order valence-corrected chi connectivity index (χ0v) is 33.6. The molecule has 0 spiro atoms. The van der Waals surface area contributed by atoms with Gasteiger partial charge in [0.15, 0.2) is 0 Å². The number of nitrogens with one attached hydrogen (secondary N) is 2. The van der Waals surface area contributed by atoms with Gasteiger partial charge in [-0.05, 0) is 86.8 Å². The summed E-state index contributed by atoms with van der Waals surface area (Å²) in [6, 6.07) is 16.1. The fourth-order valence-electron chi connectivity index (χ4n) is 8.16. The fourth-order valence-corrected chi connectivity index (χ4v) is 10.9. The first-order valence-electron chi connectivity index (χ1n) is 19.6. The van der Waals surface area contributed by atoms with E-state index in [-0.39, 0.29) is 34.4 Å². The van der Waals surface area contributed by atoms with Crippen LogP contribution in [0.3, 0.4) is 0 Å². The first kappa shape index (κ1) is 41.3. The molecule has 0 radical (unpaired) electrons. The molecule has 0 bridgehead atoms. The molecule has 300 valence electrons. The van der Waals surface area contributed by atoms with E-state index >= 15 is 0 Å². The predicted molar refractivity (Wildman–Crippen MR) is 215 cm³/mol. The number of benzene rings is 2. The molecule has 2 N–H and O–H groups in total. The third-order valence-electron chi connectivity index (χ3n) is 11.1. The summed E-state index contributed by atoms with van der Waals surface area (Å²) < 4.78 is 10.1. The number of thioether (sulfide) groups is 2. The van der Waals surface area contributed by atoms with Gasteiger partial charge in [-0.15, -0.1) is 23.5 Å². The standard InChI is InChI=1S/C42H52N4O8S2/c1-53-41(51)33-15-9-17-35-45(33)39(49)31(21-23-55-35)43-37(47)29(25-27-11-5-3-6-12-27)19-20-30(26-28-13-7-4-8-14-28)38(48)44-32-22-24-56-36-18-10-16-34(42(52)54-2)46(36)40(32)50/h3-8,11-14,19-20,29-36H,9-10,15-18,21-26H2,1-2H3,(H,43,47)(H,44,48). The Kier molecular flexibility index (Phi) is 14.6. The highest BCUT2D eigenvalue weighted by Crippen LogP contribution is 2.36. The molecule has 0 aromatic heterocycles. The largest absolute Gasteiger partial charge is 0.467 e. The zero-order valence-electron chi connectivity index (χ0n) is 32.0. The van der Waals surface area contributed by atoms with Crippen LogP contribution < -0.4 is 10.6 Å². The smallest absolute Gasteiger partial charge is 0.328 e. The van der Waals surface area contributed by atoms with Crippen molar-refractivity contribution in [3.05, 3.63) is 83.9 Å². The van der Waals surface area contributed by atoms with Gasteiger partial charge in [-0.3, -0.25) is 19.2 Å². The van der Waals surface area contributed by atoms with Crippen LogP contribution >= 0.6 is 23.5 Å². The molecule has 12 nitrogen and oxygen atoms in total. The third-order valence-corrected chi connectivity index (χ3v) is 13.8. The summed E-state index contributed by atoms with van der Waals surface area (Å²) in [6.07, 6.45) is 9.12.